The van der Waals surface area contributed by atoms with Crippen LogP contribution in [0.3, 0.4) is 0 Å². The number of ether oxygens (including phenoxy) is 3. The maximum absolute atomic E-state index is 14.8. The van der Waals surface area contributed by atoms with Crippen LogP contribution in [0.5, 0.6) is 17.2 Å². The van der Waals surface area contributed by atoms with E-state index in [0.717, 1.165) is 24.0 Å². The molecule has 1 N–H and O–H groups in total. The molecule has 36 heavy (non-hydrogen) atoms. The van der Waals surface area contributed by atoms with Gasteiger partial charge in [0, 0.05) is 17.5 Å². The van der Waals surface area contributed by atoms with Gasteiger partial charge in [0.15, 0.2) is 0 Å². The molecule has 1 aliphatic carbocycles. The Balaban J connectivity index is 1.54. The van der Waals surface area contributed by atoms with Crippen molar-refractivity contribution < 1.29 is 28.5 Å². The number of carboxylic acid groups (broad SMARTS) is 1. The Morgan fingerprint density at radius 3 is 2.53 bits per heavy atom. The number of carbonyl (C=O) groups is 1. The molecule has 0 saturated heterocycles. The first-order valence-corrected chi connectivity index (χ1v) is 12.5. The highest BCUT2D eigenvalue weighted by Crippen LogP contribution is 2.36. The van der Waals surface area contributed by atoms with E-state index < -0.39 is 5.97 Å². The first-order chi connectivity index (χ1) is 17.5. The summed E-state index contributed by atoms with van der Waals surface area (Å²) in [4.78, 5) is 10.9. The lowest BCUT2D eigenvalue weighted by Crippen LogP contribution is -2.15. The molecule has 0 bridgehead atoms. The van der Waals surface area contributed by atoms with Crippen molar-refractivity contribution in [3.8, 4) is 28.4 Å². The van der Waals surface area contributed by atoms with Crippen molar-refractivity contribution in [1.82, 2.24) is 0 Å². The number of hydrogen-bond donors (Lipinski definition) is 1. The van der Waals surface area contributed by atoms with Crippen molar-refractivity contribution in [1.29, 1.82) is 0 Å². The molecule has 5 nitrogen and oxygen atoms in total. The second kappa shape index (κ2) is 12.4. The first-order valence-electron chi connectivity index (χ1n) is 12.5. The highest BCUT2D eigenvalue weighted by Gasteiger charge is 2.18. The molecular weight excluding hydrogens is 459 g/mol. The fraction of sp³-hybridized carbons (Fsp3) is 0.367. The van der Waals surface area contributed by atoms with Gasteiger partial charge in [0.1, 0.15) is 29.7 Å². The molecule has 0 aliphatic heterocycles. The van der Waals surface area contributed by atoms with Gasteiger partial charge in [-0.15, -0.1) is 0 Å². The van der Waals surface area contributed by atoms with Gasteiger partial charge in [-0.2, -0.15) is 0 Å². The van der Waals surface area contributed by atoms with Gasteiger partial charge in [-0.25, -0.2) is 4.39 Å². The van der Waals surface area contributed by atoms with Crippen LogP contribution in [-0.2, 0) is 17.8 Å². The first kappa shape index (κ1) is 25.5. The number of hydrogen-bond acceptors (Lipinski definition) is 4. The predicted molar refractivity (Wildman–Crippen MR) is 137 cm³/mol. The molecule has 0 spiro atoms. The molecule has 3 aromatic rings. The summed E-state index contributed by atoms with van der Waals surface area (Å²) < 4.78 is 32.4. The summed E-state index contributed by atoms with van der Waals surface area (Å²) in [5, 5.41) is 8.93. The average molecular weight is 493 g/mol. The summed E-state index contributed by atoms with van der Waals surface area (Å²) in [5.41, 5.74) is 2.93. The van der Waals surface area contributed by atoms with Crippen molar-refractivity contribution in [2.45, 2.75) is 51.6 Å². The smallest absolute Gasteiger partial charge is 0.303 e. The standard InChI is InChI=1S/C30H33FO5/c1-34-24-12-14-28(31)27(18-24)26-13-10-23(17-29(26)36-19-22-6-3-2-4-7-22)20-35-25-9-5-8-21(16-25)11-15-30(32)33/h5,8-10,12-14,16-18,22H,2-4,6-7,11,15,19-20H2,1H3,(H,32,33). The van der Waals surface area contributed by atoms with Crippen LogP contribution in [0, 0.1) is 11.7 Å². The van der Waals surface area contributed by atoms with E-state index in [1.807, 2.05) is 42.5 Å². The molecule has 0 unspecified atom stereocenters. The molecule has 1 fully saturated rings. The molecule has 4 rings (SSSR count). The fourth-order valence-corrected chi connectivity index (χ4v) is 4.61. The number of rotatable bonds is 11. The van der Waals surface area contributed by atoms with Crippen molar-refractivity contribution >= 4 is 5.97 Å². The summed E-state index contributed by atoms with van der Waals surface area (Å²) in [6.07, 6.45) is 6.57. The molecule has 3 aromatic carbocycles. The normalized spacial score (nSPS) is 13.8. The fourth-order valence-electron chi connectivity index (χ4n) is 4.61. The number of aliphatic carboxylic acids is 1. The zero-order valence-electron chi connectivity index (χ0n) is 20.7. The second-order valence-corrected chi connectivity index (χ2v) is 9.32. The lowest BCUT2D eigenvalue weighted by molar-refractivity contribution is -0.136. The van der Waals surface area contributed by atoms with Crippen molar-refractivity contribution in [2.24, 2.45) is 5.92 Å². The Morgan fingerprint density at radius 2 is 1.75 bits per heavy atom. The lowest BCUT2D eigenvalue weighted by atomic mass is 9.90. The zero-order valence-corrected chi connectivity index (χ0v) is 20.7. The van der Waals surface area contributed by atoms with E-state index >= 15 is 0 Å². The third-order valence-corrected chi connectivity index (χ3v) is 6.64. The highest BCUT2D eigenvalue weighted by molar-refractivity contribution is 5.72. The van der Waals surface area contributed by atoms with E-state index in [0.29, 0.717) is 53.9 Å². The molecule has 0 aromatic heterocycles. The summed E-state index contributed by atoms with van der Waals surface area (Å²) in [5.74, 6) is 1.24. The van der Waals surface area contributed by atoms with E-state index in [9.17, 15) is 9.18 Å². The monoisotopic (exact) mass is 492 g/mol. The average Bonchev–Trinajstić information content (AvgIpc) is 2.91. The molecule has 0 radical (unpaired) electrons. The molecule has 0 amide bonds. The molecule has 1 aliphatic rings. The SMILES string of the molecule is COc1ccc(F)c(-c2ccc(COc3cccc(CCC(=O)O)c3)cc2OCC2CCCCC2)c1. The van der Waals surface area contributed by atoms with E-state index in [2.05, 4.69) is 0 Å². The van der Waals surface area contributed by atoms with E-state index in [1.54, 1.807) is 19.2 Å². The maximum atomic E-state index is 14.8. The van der Waals surface area contributed by atoms with E-state index in [4.69, 9.17) is 19.3 Å². The molecule has 1 saturated carbocycles. The quantitative estimate of drug-likeness (QED) is 0.310. The van der Waals surface area contributed by atoms with Gasteiger partial charge >= 0.3 is 5.97 Å². The van der Waals surface area contributed by atoms with Crippen LogP contribution >= 0.6 is 0 Å². The molecule has 190 valence electrons. The number of carboxylic acids is 1. The Bertz CT molecular complexity index is 1170. The van der Waals surface area contributed by atoms with Crippen LogP contribution in [0.25, 0.3) is 11.1 Å². The van der Waals surface area contributed by atoms with Crippen molar-refractivity contribution in [3.63, 3.8) is 0 Å². The third-order valence-electron chi connectivity index (χ3n) is 6.64. The van der Waals surface area contributed by atoms with Gasteiger partial charge in [0.05, 0.1) is 13.7 Å². The Morgan fingerprint density at radius 1 is 0.917 bits per heavy atom. The Kier molecular flexibility index (Phi) is 8.82. The minimum atomic E-state index is -0.824. The molecule has 0 atom stereocenters. The lowest BCUT2D eigenvalue weighted by Gasteiger charge is -2.23. The maximum Gasteiger partial charge on any atom is 0.303 e. The van der Waals surface area contributed by atoms with Gasteiger partial charge in [0.2, 0.25) is 0 Å². The summed E-state index contributed by atoms with van der Waals surface area (Å²) >= 11 is 0. The van der Waals surface area contributed by atoms with Gasteiger partial charge in [-0.1, -0.05) is 43.5 Å². The van der Waals surface area contributed by atoms with Crippen LogP contribution < -0.4 is 14.2 Å². The zero-order chi connectivity index (χ0) is 25.3. The summed E-state index contributed by atoms with van der Waals surface area (Å²) in [7, 11) is 1.56. The largest absolute Gasteiger partial charge is 0.497 e. The Hall–Kier alpha value is -3.54. The van der Waals surface area contributed by atoms with Gasteiger partial charge in [-0.05, 0) is 72.7 Å². The molecule has 6 heteroatoms. The molecule has 0 heterocycles. The Labute approximate surface area is 211 Å². The van der Waals surface area contributed by atoms with Crippen LogP contribution in [0.4, 0.5) is 4.39 Å². The van der Waals surface area contributed by atoms with Crippen LogP contribution in [0.2, 0.25) is 0 Å². The number of halogens is 1. The summed E-state index contributed by atoms with van der Waals surface area (Å²) in [6, 6.07) is 17.9. The van der Waals surface area contributed by atoms with Crippen molar-refractivity contribution in [3.05, 3.63) is 77.6 Å². The predicted octanol–water partition coefficient (Wildman–Crippen LogP) is 7.06. The molecular formula is C30H33FO5. The summed E-state index contributed by atoms with van der Waals surface area (Å²) in [6.45, 7) is 0.914. The highest BCUT2D eigenvalue weighted by atomic mass is 19.1. The third kappa shape index (κ3) is 7.00. The number of aryl methyl sites for hydroxylation is 1. The minimum Gasteiger partial charge on any atom is -0.497 e. The second-order valence-electron chi connectivity index (χ2n) is 9.32. The van der Waals surface area contributed by atoms with E-state index in [1.165, 1.54) is 25.3 Å². The number of benzene rings is 3. The number of methoxy groups -OCH3 is 1. The van der Waals surface area contributed by atoms with E-state index in [-0.39, 0.29) is 12.2 Å². The van der Waals surface area contributed by atoms with Crippen LogP contribution in [0.1, 0.15) is 49.7 Å². The minimum absolute atomic E-state index is 0.0768. The van der Waals surface area contributed by atoms with Gasteiger partial charge in [-0.3, -0.25) is 4.79 Å². The van der Waals surface area contributed by atoms with Gasteiger partial charge < -0.3 is 19.3 Å². The van der Waals surface area contributed by atoms with Crippen LogP contribution in [-0.4, -0.2) is 24.8 Å². The topological polar surface area (TPSA) is 65.0 Å². The van der Waals surface area contributed by atoms with Crippen LogP contribution in [0.15, 0.2) is 60.7 Å². The van der Waals surface area contributed by atoms with Gasteiger partial charge in [0.25, 0.3) is 0 Å². The van der Waals surface area contributed by atoms with Crippen molar-refractivity contribution in [2.75, 3.05) is 13.7 Å².